The highest BCUT2D eigenvalue weighted by molar-refractivity contribution is 7.10. The largest absolute Gasteiger partial charge is 0.464 e. The van der Waals surface area contributed by atoms with Crippen LogP contribution in [0.1, 0.15) is 44.9 Å². The van der Waals surface area contributed by atoms with Crippen molar-refractivity contribution < 1.29 is 9.53 Å². The molecule has 21 heavy (non-hydrogen) atoms. The van der Waals surface area contributed by atoms with Gasteiger partial charge in [-0.2, -0.15) is 0 Å². The fourth-order valence-electron chi connectivity index (χ4n) is 2.21. The number of halogens is 1. The van der Waals surface area contributed by atoms with E-state index < -0.39 is 0 Å². The van der Waals surface area contributed by atoms with Crippen LogP contribution in [0.2, 0.25) is 0 Å². The molecule has 0 aliphatic carbocycles. The number of likely N-dealkylation sites (N-methyl/N-ethyl adjacent to an activating group) is 1. The van der Waals surface area contributed by atoms with Gasteiger partial charge in [0, 0.05) is 11.4 Å². The van der Waals surface area contributed by atoms with Crippen LogP contribution in [0, 0.1) is 5.92 Å². The fourth-order valence-corrected chi connectivity index (χ4v) is 3.03. The highest BCUT2D eigenvalue weighted by Crippen LogP contribution is 2.28. The SMILES string of the molecule is CCN(CC)CCOC(=O)C(CC(C)C)c1cccs1.Cl. The number of rotatable bonds is 9. The van der Waals surface area contributed by atoms with Crippen LogP contribution in [0.5, 0.6) is 0 Å². The molecular formula is C16H28ClNO2S. The molecule has 0 aliphatic rings. The molecule has 0 saturated carbocycles. The Labute approximate surface area is 139 Å². The number of carbonyl (C=O) groups excluding carboxylic acids is 1. The number of hydrogen-bond acceptors (Lipinski definition) is 4. The first-order valence-corrected chi connectivity index (χ1v) is 8.38. The van der Waals surface area contributed by atoms with E-state index in [4.69, 9.17) is 4.74 Å². The molecule has 0 saturated heterocycles. The lowest BCUT2D eigenvalue weighted by Crippen LogP contribution is -2.29. The second kappa shape index (κ2) is 11.0. The molecule has 0 amide bonds. The minimum atomic E-state index is -0.105. The molecular weight excluding hydrogens is 306 g/mol. The van der Waals surface area contributed by atoms with E-state index in [0.29, 0.717) is 12.5 Å². The van der Waals surface area contributed by atoms with Gasteiger partial charge in [-0.05, 0) is 36.9 Å². The second-order valence-corrected chi connectivity index (χ2v) is 6.37. The summed E-state index contributed by atoms with van der Waals surface area (Å²) in [5, 5.41) is 2.02. The van der Waals surface area contributed by atoms with Crippen LogP contribution >= 0.6 is 23.7 Å². The van der Waals surface area contributed by atoms with Gasteiger partial charge in [0.15, 0.2) is 0 Å². The van der Waals surface area contributed by atoms with Crippen molar-refractivity contribution in [3.63, 3.8) is 0 Å². The summed E-state index contributed by atoms with van der Waals surface area (Å²) in [4.78, 5) is 15.7. The lowest BCUT2D eigenvalue weighted by atomic mass is 9.96. The van der Waals surface area contributed by atoms with E-state index >= 15 is 0 Å². The Balaban J connectivity index is 0.00000400. The van der Waals surface area contributed by atoms with Gasteiger partial charge < -0.3 is 9.64 Å². The van der Waals surface area contributed by atoms with Crippen LogP contribution < -0.4 is 0 Å². The summed E-state index contributed by atoms with van der Waals surface area (Å²) in [6.07, 6.45) is 0.852. The maximum Gasteiger partial charge on any atom is 0.314 e. The molecule has 1 unspecified atom stereocenters. The zero-order valence-electron chi connectivity index (χ0n) is 13.5. The van der Waals surface area contributed by atoms with Crippen LogP contribution in [0.15, 0.2) is 17.5 Å². The first-order chi connectivity index (χ1) is 9.58. The summed E-state index contributed by atoms with van der Waals surface area (Å²) >= 11 is 1.64. The molecule has 1 aromatic rings. The summed E-state index contributed by atoms with van der Waals surface area (Å²) in [7, 11) is 0. The van der Waals surface area contributed by atoms with E-state index in [0.717, 1.165) is 30.9 Å². The van der Waals surface area contributed by atoms with Gasteiger partial charge in [0.25, 0.3) is 0 Å². The van der Waals surface area contributed by atoms with E-state index in [-0.39, 0.29) is 24.3 Å². The van der Waals surface area contributed by atoms with Crippen molar-refractivity contribution >= 4 is 29.7 Å². The zero-order valence-corrected chi connectivity index (χ0v) is 15.1. The molecule has 0 radical (unpaired) electrons. The lowest BCUT2D eigenvalue weighted by Gasteiger charge is -2.20. The standard InChI is InChI=1S/C16H27NO2S.ClH/c1-5-17(6-2)9-10-19-16(18)14(12-13(3)4)15-8-7-11-20-15;/h7-8,11,13-14H,5-6,9-10,12H2,1-4H3;1H. The Morgan fingerprint density at radius 3 is 2.48 bits per heavy atom. The molecule has 5 heteroatoms. The van der Waals surface area contributed by atoms with Gasteiger partial charge in [-0.3, -0.25) is 4.79 Å². The van der Waals surface area contributed by atoms with Crippen LogP contribution in [0.25, 0.3) is 0 Å². The molecule has 1 aromatic heterocycles. The number of hydrogen-bond donors (Lipinski definition) is 0. The smallest absolute Gasteiger partial charge is 0.314 e. The molecule has 1 heterocycles. The monoisotopic (exact) mass is 333 g/mol. The van der Waals surface area contributed by atoms with Crippen molar-refractivity contribution in [2.45, 2.75) is 40.0 Å². The van der Waals surface area contributed by atoms with Crippen molar-refractivity contribution in [1.29, 1.82) is 0 Å². The number of ether oxygens (including phenoxy) is 1. The van der Waals surface area contributed by atoms with Crippen molar-refractivity contribution in [2.75, 3.05) is 26.2 Å². The lowest BCUT2D eigenvalue weighted by molar-refractivity contribution is -0.146. The molecule has 0 spiro atoms. The van der Waals surface area contributed by atoms with Gasteiger partial charge in [-0.25, -0.2) is 0 Å². The predicted molar refractivity (Wildman–Crippen MR) is 92.5 cm³/mol. The van der Waals surface area contributed by atoms with Gasteiger partial charge >= 0.3 is 5.97 Å². The molecule has 0 aromatic carbocycles. The van der Waals surface area contributed by atoms with Crippen molar-refractivity contribution in [3.8, 4) is 0 Å². The summed E-state index contributed by atoms with van der Waals surface area (Å²) in [5.74, 6) is 0.303. The third kappa shape index (κ3) is 7.30. The van der Waals surface area contributed by atoms with Gasteiger partial charge in [-0.1, -0.05) is 33.8 Å². The van der Waals surface area contributed by atoms with Crippen LogP contribution in [-0.4, -0.2) is 37.1 Å². The minimum Gasteiger partial charge on any atom is -0.464 e. The highest BCUT2D eigenvalue weighted by Gasteiger charge is 2.24. The average Bonchev–Trinajstić information content (AvgIpc) is 2.94. The summed E-state index contributed by atoms with van der Waals surface area (Å²) in [6, 6.07) is 4.03. The molecule has 0 fully saturated rings. The third-order valence-electron chi connectivity index (χ3n) is 3.42. The quantitative estimate of drug-likeness (QED) is 0.635. The Morgan fingerprint density at radius 1 is 1.33 bits per heavy atom. The fraction of sp³-hybridized carbons (Fsp3) is 0.688. The maximum atomic E-state index is 12.3. The summed E-state index contributed by atoms with van der Waals surface area (Å²) in [6.45, 7) is 11.8. The Morgan fingerprint density at radius 2 is 2.00 bits per heavy atom. The number of carbonyl (C=O) groups is 1. The molecule has 122 valence electrons. The second-order valence-electron chi connectivity index (χ2n) is 5.39. The molecule has 0 aliphatic heterocycles. The van der Waals surface area contributed by atoms with E-state index in [1.165, 1.54) is 0 Å². The summed E-state index contributed by atoms with van der Waals surface area (Å²) in [5.41, 5.74) is 0. The van der Waals surface area contributed by atoms with E-state index in [1.54, 1.807) is 11.3 Å². The van der Waals surface area contributed by atoms with E-state index in [1.807, 2.05) is 17.5 Å². The Bertz CT molecular complexity index is 378. The summed E-state index contributed by atoms with van der Waals surface area (Å²) < 4.78 is 5.49. The van der Waals surface area contributed by atoms with Crippen molar-refractivity contribution in [2.24, 2.45) is 5.92 Å². The zero-order chi connectivity index (χ0) is 15.0. The molecule has 3 nitrogen and oxygen atoms in total. The molecule has 0 N–H and O–H groups in total. The van der Waals surface area contributed by atoms with E-state index in [2.05, 4.69) is 32.6 Å². The van der Waals surface area contributed by atoms with Gasteiger partial charge in [0.05, 0.1) is 5.92 Å². The number of nitrogens with zero attached hydrogens (tertiary/aromatic N) is 1. The van der Waals surface area contributed by atoms with Gasteiger partial charge in [0.1, 0.15) is 6.61 Å². The van der Waals surface area contributed by atoms with Crippen molar-refractivity contribution in [3.05, 3.63) is 22.4 Å². The predicted octanol–water partition coefficient (Wildman–Crippen LogP) is 4.18. The Kier molecular flexibility index (Phi) is 10.7. The normalized spacial score (nSPS) is 12.3. The first kappa shape index (κ1) is 20.4. The maximum absolute atomic E-state index is 12.3. The minimum absolute atomic E-state index is 0. The van der Waals surface area contributed by atoms with Crippen molar-refractivity contribution in [1.82, 2.24) is 4.90 Å². The first-order valence-electron chi connectivity index (χ1n) is 7.50. The Hall–Kier alpha value is -0.580. The van der Waals surface area contributed by atoms with Gasteiger partial charge in [-0.15, -0.1) is 23.7 Å². The average molecular weight is 334 g/mol. The highest BCUT2D eigenvalue weighted by atomic mass is 35.5. The van der Waals surface area contributed by atoms with Crippen LogP contribution in [-0.2, 0) is 9.53 Å². The topological polar surface area (TPSA) is 29.5 Å². The molecule has 0 bridgehead atoms. The molecule has 1 rings (SSSR count). The van der Waals surface area contributed by atoms with E-state index in [9.17, 15) is 4.79 Å². The number of esters is 1. The van der Waals surface area contributed by atoms with Gasteiger partial charge in [0.2, 0.25) is 0 Å². The van der Waals surface area contributed by atoms with Crippen LogP contribution in [0.4, 0.5) is 0 Å². The number of thiophene rings is 1. The van der Waals surface area contributed by atoms with Crippen LogP contribution in [0.3, 0.4) is 0 Å². The third-order valence-corrected chi connectivity index (χ3v) is 4.41. The molecule has 1 atom stereocenters.